The van der Waals surface area contributed by atoms with E-state index >= 15 is 0 Å². The van der Waals surface area contributed by atoms with Crippen molar-refractivity contribution in [2.45, 2.75) is 52.2 Å². The average molecular weight is 292 g/mol. The SMILES string of the molecule is CCOC(=O)C1CCCCN1c1ncccc1OC(C)C. The fraction of sp³-hybridized carbons (Fsp3) is 0.625. The molecule has 0 bridgehead atoms. The number of pyridine rings is 1. The van der Waals surface area contributed by atoms with Gasteiger partial charge < -0.3 is 14.4 Å². The first-order chi connectivity index (χ1) is 10.1. The maximum atomic E-state index is 12.2. The van der Waals surface area contributed by atoms with E-state index in [0.717, 1.165) is 37.4 Å². The maximum Gasteiger partial charge on any atom is 0.328 e. The summed E-state index contributed by atoms with van der Waals surface area (Å²) in [5.74, 6) is 1.30. The van der Waals surface area contributed by atoms with Gasteiger partial charge in [0, 0.05) is 12.7 Å². The number of hydrogen-bond donors (Lipinski definition) is 0. The molecule has 0 N–H and O–H groups in total. The molecule has 5 heteroatoms. The summed E-state index contributed by atoms with van der Waals surface area (Å²) in [6.45, 7) is 7.00. The van der Waals surface area contributed by atoms with Gasteiger partial charge in [-0.3, -0.25) is 0 Å². The third-order valence-electron chi connectivity index (χ3n) is 3.45. The van der Waals surface area contributed by atoms with E-state index in [9.17, 15) is 4.79 Å². The van der Waals surface area contributed by atoms with Gasteiger partial charge in [-0.2, -0.15) is 0 Å². The molecule has 0 spiro atoms. The molecule has 2 heterocycles. The van der Waals surface area contributed by atoms with Crippen LogP contribution in [0.4, 0.5) is 5.82 Å². The zero-order chi connectivity index (χ0) is 15.2. The van der Waals surface area contributed by atoms with Gasteiger partial charge in [0.2, 0.25) is 0 Å². The fourth-order valence-electron chi connectivity index (χ4n) is 2.61. The fourth-order valence-corrected chi connectivity index (χ4v) is 2.61. The molecule has 21 heavy (non-hydrogen) atoms. The molecule has 5 nitrogen and oxygen atoms in total. The van der Waals surface area contributed by atoms with Crippen molar-refractivity contribution in [2.75, 3.05) is 18.1 Å². The molecule has 0 aromatic carbocycles. The van der Waals surface area contributed by atoms with Gasteiger partial charge in [0.05, 0.1) is 12.7 Å². The highest BCUT2D eigenvalue weighted by molar-refractivity contribution is 5.80. The summed E-state index contributed by atoms with van der Waals surface area (Å²) in [6, 6.07) is 3.49. The number of rotatable bonds is 5. The van der Waals surface area contributed by atoms with Gasteiger partial charge >= 0.3 is 5.97 Å². The highest BCUT2D eigenvalue weighted by atomic mass is 16.5. The van der Waals surface area contributed by atoms with Crippen molar-refractivity contribution >= 4 is 11.8 Å². The van der Waals surface area contributed by atoms with Crippen molar-refractivity contribution in [3.63, 3.8) is 0 Å². The summed E-state index contributed by atoms with van der Waals surface area (Å²) >= 11 is 0. The average Bonchev–Trinajstić information content (AvgIpc) is 2.47. The standard InChI is InChI=1S/C16H24N2O3/c1-4-20-16(19)13-8-5-6-11-18(13)15-14(21-12(2)3)9-7-10-17-15/h7,9-10,12-13H,4-6,8,11H2,1-3H3. The van der Waals surface area contributed by atoms with E-state index in [1.807, 2.05) is 37.8 Å². The molecular formula is C16H24N2O3. The van der Waals surface area contributed by atoms with Crippen LogP contribution in [0, 0.1) is 0 Å². The van der Waals surface area contributed by atoms with Gasteiger partial charge in [0.15, 0.2) is 11.6 Å². The van der Waals surface area contributed by atoms with Gasteiger partial charge in [-0.15, -0.1) is 0 Å². The third-order valence-corrected chi connectivity index (χ3v) is 3.45. The predicted molar refractivity (Wildman–Crippen MR) is 81.6 cm³/mol. The molecule has 0 aliphatic carbocycles. The Hall–Kier alpha value is -1.78. The van der Waals surface area contributed by atoms with Crippen molar-refractivity contribution in [3.8, 4) is 5.75 Å². The molecule has 0 radical (unpaired) electrons. The first-order valence-electron chi connectivity index (χ1n) is 7.68. The van der Waals surface area contributed by atoms with Crippen molar-refractivity contribution in [3.05, 3.63) is 18.3 Å². The number of carbonyl (C=O) groups is 1. The number of ether oxygens (including phenoxy) is 2. The number of esters is 1. The third kappa shape index (κ3) is 3.86. The van der Waals surface area contributed by atoms with Crippen molar-refractivity contribution in [1.29, 1.82) is 0 Å². The summed E-state index contributed by atoms with van der Waals surface area (Å²) in [5, 5.41) is 0. The second-order valence-electron chi connectivity index (χ2n) is 5.45. The summed E-state index contributed by atoms with van der Waals surface area (Å²) in [6.07, 6.45) is 4.69. The van der Waals surface area contributed by atoms with E-state index in [-0.39, 0.29) is 18.1 Å². The van der Waals surface area contributed by atoms with Gasteiger partial charge in [-0.25, -0.2) is 9.78 Å². The van der Waals surface area contributed by atoms with E-state index in [1.165, 1.54) is 0 Å². The van der Waals surface area contributed by atoms with Crippen LogP contribution in [-0.4, -0.2) is 36.3 Å². The molecule has 1 unspecified atom stereocenters. The lowest BCUT2D eigenvalue weighted by Gasteiger charge is -2.35. The number of nitrogens with zero attached hydrogens (tertiary/aromatic N) is 2. The van der Waals surface area contributed by atoms with Crippen LogP contribution in [0.3, 0.4) is 0 Å². The minimum absolute atomic E-state index is 0.0683. The van der Waals surface area contributed by atoms with Crippen molar-refractivity contribution in [2.24, 2.45) is 0 Å². The maximum absolute atomic E-state index is 12.2. The molecule has 1 atom stereocenters. The van der Waals surface area contributed by atoms with E-state index in [0.29, 0.717) is 6.61 Å². The first-order valence-corrected chi connectivity index (χ1v) is 7.68. The van der Waals surface area contributed by atoms with E-state index < -0.39 is 0 Å². The Bertz CT molecular complexity index is 476. The van der Waals surface area contributed by atoms with Crippen LogP contribution in [0.25, 0.3) is 0 Å². The molecule has 1 aromatic heterocycles. The second kappa shape index (κ2) is 7.29. The lowest BCUT2D eigenvalue weighted by molar-refractivity contribution is -0.145. The van der Waals surface area contributed by atoms with Crippen molar-refractivity contribution in [1.82, 2.24) is 4.98 Å². The number of anilines is 1. The Labute approximate surface area is 126 Å². The number of hydrogen-bond acceptors (Lipinski definition) is 5. The first kappa shape index (κ1) is 15.6. The van der Waals surface area contributed by atoms with E-state index in [1.54, 1.807) is 6.20 Å². The molecule has 116 valence electrons. The van der Waals surface area contributed by atoms with Crippen LogP contribution in [0.5, 0.6) is 5.75 Å². The predicted octanol–water partition coefficient (Wildman–Crippen LogP) is 2.79. The van der Waals surface area contributed by atoms with Crippen molar-refractivity contribution < 1.29 is 14.3 Å². The van der Waals surface area contributed by atoms with Gasteiger partial charge in [0.25, 0.3) is 0 Å². The Morgan fingerprint density at radius 2 is 2.29 bits per heavy atom. The molecule has 1 aliphatic heterocycles. The zero-order valence-electron chi connectivity index (χ0n) is 13.0. The highest BCUT2D eigenvalue weighted by Crippen LogP contribution is 2.31. The van der Waals surface area contributed by atoms with Crippen LogP contribution >= 0.6 is 0 Å². The van der Waals surface area contributed by atoms with E-state index in [4.69, 9.17) is 9.47 Å². The molecule has 1 aliphatic rings. The Balaban J connectivity index is 2.26. The minimum atomic E-state index is -0.261. The molecule has 0 saturated carbocycles. The Morgan fingerprint density at radius 3 is 3.00 bits per heavy atom. The largest absolute Gasteiger partial charge is 0.487 e. The van der Waals surface area contributed by atoms with Gasteiger partial charge in [-0.05, 0) is 52.2 Å². The second-order valence-corrected chi connectivity index (χ2v) is 5.45. The van der Waals surface area contributed by atoms with Gasteiger partial charge in [0.1, 0.15) is 6.04 Å². The molecular weight excluding hydrogens is 268 g/mol. The number of piperidine rings is 1. The normalized spacial score (nSPS) is 18.7. The van der Waals surface area contributed by atoms with Gasteiger partial charge in [-0.1, -0.05) is 0 Å². The molecule has 1 fully saturated rings. The molecule has 1 saturated heterocycles. The minimum Gasteiger partial charge on any atom is -0.487 e. The highest BCUT2D eigenvalue weighted by Gasteiger charge is 2.32. The monoisotopic (exact) mass is 292 g/mol. The van der Waals surface area contributed by atoms with Crippen LogP contribution in [0.15, 0.2) is 18.3 Å². The Morgan fingerprint density at radius 1 is 1.48 bits per heavy atom. The smallest absolute Gasteiger partial charge is 0.328 e. The van der Waals surface area contributed by atoms with E-state index in [2.05, 4.69) is 4.98 Å². The quantitative estimate of drug-likeness (QED) is 0.781. The number of carbonyl (C=O) groups excluding carboxylic acids is 1. The summed E-state index contributed by atoms with van der Waals surface area (Å²) in [5.41, 5.74) is 0. The van der Waals surface area contributed by atoms with Crippen LogP contribution in [0.1, 0.15) is 40.0 Å². The van der Waals surface area contributed by atoms with Crippen LogP contribution < -0.4 is 9.64 Å². The lowest BCUT2D eigenvalue weighted by atomic mass is 10.0. The topological polar surface area (TPSA) is 51.7 Å². The van der Waals surface area contributed by atoms with Crippen LogP contribution in [-0.2, 0) is 9.53 Å². The number of aromatic nitrogens is 1. The molecule has 0 amide bonds. The summed E-state index contributed by atoms with van der Waals surface area (Å²) in [4.78, 5) is 18.7. The zero-order valence-corrected chi connectivity index (χ0v) is 13.0. The van der Waals surface area contributed by atoms with Crippen LogP contribution in [0.2, 0.25) is 0 Å². The Kier molecular flexibility index (Phi) is 5.42. The summed E-state index contributed by atoms with van der Waals surface area (Å²) in [7, 11) is 0. The molecule has 1 aromatic rings. The lowest BCUT2D eigenvalue weighted by Crippen LogP contribution is -2.46. The summed E-state index contributed by atoms with van der Waals surface area (Å²) < 4.78 is 11.0. The molecule has 2 rings (SSSR count).